The van der Waals surface area contributed by atoms with Crippen LogP contribution in [0, 0.1) is 6.92 Å². The quantitative estimate of drug-likeness (QED) is 0.746. The number of anilines is 1. The molecule has 1 fully saturated rings. The van der Waals surface area contributed by atoms with E-state index in [0.29, 0.717) is 25.2 Å². The van der Waals surface area contributed by atoms with Crippen LogP contribution < -0.4 is 15.5 Å². The Balaban J connectivity index is 1.53. The molecule has 0 radical (unpaired) electrons. The fourth-order valence-electron chi connectivity index (χ4n) is 3.05. The molecule has 3 amide bonds. The lowest BCUT2D eigenvalue weighted by Gasteiger charge is -2.18. The first-order chi connectivity index (χ1) is 12.6. The van der Waals surface area contributed by atoms with Crippen molar-refractivity contribution in [2.45, 2.75) is 13.5 Å². The molecule has 8 heteroatoms. The van der Waals surface area contributed by atoms with Crippen molar-refractivity contribution in [1.82, 2.24) is 25.2 Å². The molecule has 0 unspecified atom stereocenters. The predicted octanol–water partition coefficient (Wildman–Crippen LogP) is 1.50. The molecule has 2 aromatic heterocycles. The van der Waals surface area contributed by atoms with Crippen LogP contribution in [0.3, 0.4) is 0 Å². The van der Waals surface area contributed by atoms with Crippen molar-refractivity contribution in [3.8, 4) is 0 Å². The summed E-state index contributed by atoms with van der Waals surface area (Å²) in [7, 11) is 0. The number of hydrogen-bond donors (Lipinski definition) is 2. The van der Waals surface area contributed by atoms with Crippen LogP contribution in [0.1, 0.15) is 21.6 Å². The summed E-state index contributed by atoms with van der Waals surface area (Å²) >= 11 is 0. The van der Waals surface area contributed by atoms with Gasteiger partial charge in [-0.1, -0.05) is 12.1 Å². The third-order valence-corrected chi connectivity index (χ3v) is 4.43. The molecule has 0 atom stereocenters. The van der Waals surface area contributed by atoms with Crippen molar-refractivity contribution in [1.29, 1.82) is 0 Å². The van der Waals surface area contributed by atoms with Crippen LogP contribution >= 0.6 is 0 Å². The Bertz CT molecular complexity index is 996. The number of benzene rings is 1. The number of amides is 3. The highest BCUT2D eigenvalue weighted by Crippen LogP contribution is 2.23. The molecule has 3 heterocycles. The van der Waals surface area contributed by atoms with E-state index in [1.54, 1.807) is 21.5 Å². The first-order valence-electron chi connectivity index (χ1n) is 8.35. The standard InChI is InChI=1S/C18H18N6O2/c1-12-5-6-13(9-15(12)23-8-7-19-18(23)26)17(25)20-10-14-3-2-4-16-21-11-22-24(14)16/h2-6,9,11H,7-8,10H2,1H3,(H,19,26)(H,20,25). The first-order valence-corrected chi connectivity index (χ1v) is 8.35. The maximum absolute atomic E-state index is 12.6. The van der Waals surface area contributed by atoms with Gasteiger partial charge in [0.2, 0.25) is 0 Å². The van der Waals surface area contributed by atoms with Gasteiger partial charge in [0, 0.05) is 24.3 Å². The second-order valence-corrected chi connectivity index (χ2v) is 6.11. The number of fused-ring (bicyclic) bond motifs is 1. The van der Waals surface area contributed by atoms with E-state index in [1.807, 2.05) is 31.2 Å². The number of carbonyl (C=O) groups is 2. The molecule has 4 rings (SSSR count). The fraction of sp³-hybridized carbons (Fsp3) is 0.222. The summed E-state index contributed by atoms with van der Waals surface area (Å²) in [4.78, 5) is 30.3. The van der Waals surface area contributed by atoms with Crippen molar-refractivity contribution < 1.29 is 9.59 Å². The van der Waals surface area contributed by atoms with Crippen LogP contribution in [0.4, 0.5) is 10.5 Å². The highest BCUT2D eigenvalue weighted by molar-refractivity contribution is 5.99. The van der Waals surface area contributed by atoms with Gasteiger partial charge in [-0.3, -0.25) is 9.69 Å². The molecule has 1 aliphatic heterocycles. The summed E-state index contributed by atoms with van der Waals surface area (Å²) in [6.45, 7) is 3.45. The van der Waals surface area contributed by atoms with Crippen LogP contribution in [-0.2, 0) is 6.54 Å². The van der Waals surface area contributed by atoms with Crippen LogP contribution in [0.15, 0.2) is 42.7 Å². The first kappa shape index (κ1) is 16.1. The van der Waals surface area contributed by atoms with Crippen molar-refractivity contribution in [2.75, 3.05) is 18.0 Å². The highest BCUT2D eigenvalue weighted by Gasteiger charge is 2.23. The van der Waals surface area contributed by atoms with Crippen molar-refractivity contribution in [3.63, 3.8) is 0 Å². The predicted molar refractivity (Wildman–Crippen MR) is 96.1 cm³/mol. The van der Waals surface area contributed by atoms with E-state index in [-0.39, 0.29) is 11.9 Å². The van der Waals surface area contributed by atoms with Gasteiger partial charge in [0.15, 0.2) is 5.65 Å². The van der Waals surface area contributed by atoms with Crippen molar-refractivity contribution >= 4 is 23.3 Å². The van der Waals surface area contributed by atoms with E-state index in [2.05, 4.69) is 20.7 Å². The van der Waals surface area contributed by atoms with E-state index < -0.39 is 0 Å². The average Bonchev–Trinajstić information content (AvgIpc) is 3.29. The van der Waals surface area contributed by atoms with Crippen LogP contribution in [0.25, 0.3) is 5.65 Å². The SMILES string of the molecule is Cc1ccc(C(=O)NCc2cccc3ncnn23)cc1N1CCNC1=O. The smallest absolute Gasteiger partial charge is 0.322 e. The number of aryl methyl sites for hydroxylation is 1. The second kappa shape index (κ2) is 6.47. The normalized spacial score (nSPS) is 13.9. The summed E-state index contributed by atoms with van der Waals surface area (Å²) in [6, 6.07) is 10.9. The molecule has 1 aromatic carbocycles. The van der Waals surface area contributed by atoms with Gasteiger partial charge in [-0.2, -0.15) is 5.10 Å². The molecule has 26 heavy (non-hydrogen) atoms. The zero-order valence-corrected chi connectivity index (χ0v) is 14.3. The number of hydrogen-bond acceptors (Lipinski definition) is 4. The van der Waals surface area contributed by atoms with E-state index in [1.165, 1.54) is 6.33 Å². The number of pyridine rings is 1. The van der Waals surface area contributed by atoms with E-state index in [0.717, 1.165) is 22.6 Å². The van der Waals surface area contributed by atoms with Crippen molar-refractivity contribution in [3.05, 3.63) is 59.5 Å². The molecule has 1 aliphatic rings. The van der Waals surface area contributed by atoms with Gasteiger partial charge in [-0.25, -0.2) is 14.3 Å². The van der Waals surface area contributed by atoms with E-state index in [9.17, 15) is 9.59 Å². The number of nitrogens with one attached hydrogen (secondary N) is 2. The lowest BCUT2D eigenvalue weighted by Crippen LogP contribution is -2.29. The summed E-state index contributed by atoms with van der Waals surface area (Å²) < 4.78 is 1.69. The van der Waals surface area contributed by atoms with Crippen molar-refractivity contribution in [2.24, 2.45) is 0 Å². The fourth-order valence-corrected chi connectivity index (χ4v) is 3.05. The summed E-state index contributed by atoms with van der Waals surface area (Å²) in [5.74, 6) is -0.206. The Morgan fingerprint density at radius 3 is 3.00 bits per heavy atom. The lowest BCUT2D eigenvalue weighted by molar-refractivity contribution is 0.0950. The lowest BCUT2D eigenvalue weighted by atomic mass is 10.1. The number of aromatic nitrogens is 3. The van der Waals surface area contributed by atoms with Gasteiger partial charge >= 0.3 is 6.03 Å². The zero-order valence-electron chi connectivity index (χ0n) is 14.3. The molecule has 132 valence electrons. The molecule has 1 saturated heterocycles. The zero-order chi connectivity index (χ0) is 18.1. The Morgan fingerprint density at radius 1 is 1.31 bits per heavy atom. The van der Waals surface area contributed by atoms with Crippen LogP contribution in [0.2, 0.25) is 0 Å². The van der Waals surface area contributed by atoms with Gasteiger partial charge in [-0.15, -0.1) is 0 Å². The van der Waals surface area contributed by atoms with Gasteiger partial charge in [0.05, 0.1) is 12.2 Å². The average molecular weight is 350 g/mol. The van der Waals surface area contributed by atoms with Gasteiger partial charge in [-0.05, 0) is 36.8 Å². The van der Waals surface area contributed by atoms with Gasteiger partial charge in [0.25, 0.3) is 5.91 Å². The number of rotatable bonds is 4. The Hall–Kier alpha value is -3.42. The van der Waals surface area contributed by atoms with Gasteiger partial charge in [0.1, 0.15) is 6.33 Å². The third kappa shape index (κ3) is 2.85. The molecule has 0 saturated carbocycles. The minimum atomic E-state index is -0.206. The molecule has 0 aliphatic carbocycles. The topological polar surface area (TPSA) is 91.6 Å². The Morgan fingerprint density at radius 2 is 2.19 bits per heavy atom. The summed E-state index contributed by atoms with van der Waals surface area (Å²) in [6.07, 6.45) is 1.48. The minimum Gasteiger partial charge on any atom is -0.346 e. The van der Waals surface area contributed by atoms with E-state index in [4.69, 9.17) is 0 Å². The number of urea groups is 1. The largest absolute Gasteiger partial charge is 0.346 e. The van der Waals surface area contributed by atoms with Crippen LogP contribution in [0.5, 0.6) is 0 Å². The second-order valence-electron chi connectivity index (χ2n) is 6.11. The minimum absolute atomic E-state index is 0.136. The highest BCUT2D eigenvalue weighted by atomic mass is 16.2. The Kier molecular flexibility index (Phi) is 4.00. The monoisotopic (exact) mass is 350 g/mol. The molecule has 0 spiro atoms. The van der Waals surface area contributed by atoms with E-state index >= 15 is 0 Å². The maximum atomic E-state index is 12.6. The molecule has 3 aromatic rings. The van der Waals surface area contributed by atoms with Gasteiger partial charge < -0.3 is 10.6 Å². The Labute approximate surface area is 149 Å². The number of nitrogens with zero attached hydrogens (tertiary/aromatic N) is 4. The molecule has 0 bridgehead atoms. The molecule has 2 N–H and O–H groups in total. The summed E-state index contributed by atoms with van der Waals surface area (Å²) in [5, 5.41) is 9.83. The molecular weight excluding hydrogens is 332 g/mol. The van der Waals surface area contributed by atoms with Crippen LogP contribution in [-0.4, -0.2) is 39.6 Å². The molecular formula is C18H18N6O2. The third-order valence-electron chi connectivity index (χ3n) is 4.43. The maximum Gasteiger partial charge on any atom is 0.322 e. The number of carbonyl (C=O) groups excluding carboxylic acids is 2. The summed E-state index contributed by atoms with van der Waals surface area (Å²) in [5.41, 5.74) is 3.78. The molecule has 8 nitrogen and oxygen atoms in total.